The van der Waals surface area contributed by atoms with Gasteiger partial charge in [0.1, 0.15) is 12.4 Å². The molecule has 0 aliphatic carbocycles. The van der Waals surface area contributed by atoms with Crippen molar-refractivity contribution in [3.63, 3.8) is 0 Å². The average Bonchev–Trinajstić information content (AvgIpc) is 2.16. The summed E-state index contributed by atoms with van der Waals surface area (Å²) in [5.41, 5.74) is 3.72. The molecule has 0 aliphatic heterocycles. The van der Waals surface area contributed by atoms with E-state index < -0.39 is 0 Å². The van der Waals surface area contributed by atoms with Crippen molar-refractivity contribution in [2.45, 2.75) is 40.2 Å². The molecule has 0 spiro atoms. The molecule has 0 atom stereocenters. The van der Waals surface area contributed by atoms with Crippen molar-refractivity contribution in [3.8, 4) is 5.75 Å². The van der Waals surface area contributed by atoms with E-state index in [4.69, 9.17) is 4.74 Å². The molecule has 0 radical (unpaired) electrons. The van der Waals surface area contributed by atoms with E-state index in [-0.39, 0.29) is 5.54 Å². The molecule has 16 heavy (non-hydrogen) atoms. The van der Waals surface area contributed by atoms with Crippen LogP contribution < -0.4 is 10.1 Å². The van der Waals surface area contributed by atoms with Gasteiger partial charge < -0.3 is 10.1 Å². The second-order valence-corrected chi connectivity index (χ2v) is 5.15. The van der Waals surface area contributed by atoms with Gasteiger partial charge in [0, 0.05) is 5.54 Å². The van der Waals surface area contributed by atoms with Gasteiger partial charge in [-0.05, 0) is 52.8 Å². The monoisotopic (exact) mass is 221 g/mol. The predicted octanol–water partition coefficient (Wildman–Crippen LogP) is 2.99. The zero-order valence-corrected chi connectivity index (χ0v) is 11.3. The van der Waals surface area contributed by atoms with E-state index in [2.05, 4.69) is 52.1 Å². The average molecular weight is 221 g/mol. The Kier molecular flexibility index (Phi) is 3.98. The summed E-state index contributed by atoms with van der Waals surface area (Å²) in [6, 6.07) is 4.32. The van der Waals surface area contributed by atoms with Crippen LogP contribution in [-0.2, 0) is 0 Å². The van der Waals surface area contributed by atoms with Crippen LogP contribution in [0.2, 0.25) is 0 Å². The summed E-state index contributed by atoms with van der Waals surface area (Å²) in [6.07, 6.45) is 0. The summed E-state index contributed by atoms with van der Waals surface area (Å²) in [6.45, 7) is 11.2. The van der Waals surface area contributed by atoms with Crippen molar-refractivity contribution in [3.05, 3.63) is 28.8 Å². The Labute approximate surface area is 99.0 Å². The standard InChI is InChI=1S/C14H23NO/c1-10-7-11(2)13(12(3)8-10)16-9-14(4,5)15-6/h7-8,15H,9H2,1-6H3. The van der Waals surface area contributed by atoms with Gasteiger partial charge in [0.2, 0.25) is 0 Å². The maximum atomic E-state index is 5.92. The molecule has 0 saturated heterocycles. The molecule has 1 N–H and O–H groups in total. The van der Waals surface area contributed by atoms with Crippen LogP contribution in [0.15, 0.2) is 12.1 Å². The summed E-state index contributed by atoms with van der Waals surface area (Å²) in [4.78, 5) is 0. The first-order valence-corrected chi connectivity index (χ1v) is 5.75. The summed E-state index contributed by atoms with van der Waals surface area (Å²) in [5.74, 6) is 1.02. The molecule has 2 nitrogen and oxygen atoms in total. The van der Waals surface area contributed by atoms with E-state index in [1.807, 2.05) is 7.05 Å². The molecular weight excluding hydrogens is 198 g/mol. The first-order valence-electron chi connectivity index (χ1n) is 5.75. The molecule has 90 valence electrons. The van der Waals surface area contributed by atoms with Crippen LogP contribution in [-0.4, -0.2) is 19.2 Å². The number of nitrogens with one attached hydrogen (secondary N) is 1. The SMILES string of the molecule is CNC(C)(C)COc1c(C)cc(C)cc1C. The van der Waals surface area contributed by atoms with E-state index in [1.165, 1.54) is 16.7 Å². The molecule has 0 aromatic heterocycles. The van der Waals surface area contributed by atoms with Gasteiger partial charge in [-0.15, -0.1) is 0 Å². The third-order valence-corrected chi connectivity index (χ3v) is 2.86. The van der Waals surface area contributed by atoms with Gasteiger partial charge in [-0.1, -0.05) is 17.7 Å². The Morgan fingerprint density at radius 1 is 1.12 bits per heavy atom. The minimum absolute atomic E-state index is 0.00374. The molecule has 0 fully saturated rings. The van der Waals surface area contributed by atoms with Gasteiger partial charge in [-0.3, -0.25) is 0 Å². The Bertz CT molecular complexity index is 346. The first-order chi connectivity index (χ1) is 7.35. The number of rotatable bonds is 4. The maximum Gasteiger partial charge on any atom is 0.125 e. The highest BCUT2D eigenvalue weighted by Gasteiger charge is 2.16. The van der Waals surface area contributed by atoms with Gasteiger partial charge in [0.05, 0.1) is 0 Å². The molecule has 1 aromatic carbocycles. The Hall–Kier alpha value is -1.02. The normalized spacial score (nSPS) is 11.6. The van der Waals surface area contributed by atoms with Crippen LogP contribution in [0.1, 0.15) is 30.5 Å². The van der Waals surface area contributed by atoms with Crippen molar-refractivity contribution in [1.29, 1.82) is 0 Å². The van der Waals surface area contributed by atoms with Crippen LogP contribution in [0.3, 0.4) is 0 Å². The Morgan fingerprint density at radius 2 is 1.62 bits per heavy atom. The van der Waals surface area contributed by atoms with Crippen molar-refractivity contribution in [2.24, 2.45) is 0 Å². The lowest BCUT2D eigenvalue weighted by Crippen LogP contribution is -2.42. The molecule has 0 heterocycles. The van der Waals surface area contributed by atoms with E-state index in [1.54, 1.807) is 0 Å². The van der Waals surface area contributed by atoms with Crippen molar-refractivity contribution in [1.82, 2.24) is 5.32 Å². The minimum Gasteiger partial charge on any atom is -0.491 e. The van der Waals surface area contributed by atoms with E-state index in [9.17, 15) is 0 Å². The number of benzene rings is 1. The van der Waals surface area contributed by atoms with E-state index >= 15 is 0 Å². The summed E-state index contributed by atoms with van der Waals surface area (Å²) in [5, 5.41) is 3.24. The van der Waals surface area contributed by atoms with Crippen LogP contribution >= 0.6 is 0 Å². The van der Waals surface area contributed by atoms with Crippen LogP contribution in [0.25, 0.3) is 0 Å². The fourth-order valence-corrected chi connectivity index (χ4v) is 1.72. The minimum atomic E-state index is 0.00374. The molecule has 0 amide bonds. The number of aryl methyl sites for hydroxylation is 3. The van der Waals surface area contributed by atoms with E-state index in [0.717, 1.165) is 5.75 Å². The van der Waals surface area contributed by atoms with Crippen LogP contribution in [0, 0.1) is 20.8 Å². The zero-order valence-electron chi connectivity index (χ0n) is 11.3. The second kappa shape index (κ2) is 4.88. The highest BCUT2D eigenvalue weighted by molar-refractivity contribution is 5.42. The quantitative estimate of drug-likeness (QED) is 0.844. The van der Waals surface area contributed by atoms with Crippen LogP contribution in [0.4, 0.5) is 0 Å². The second-order valence-electron chi connectivity index (χ2n) is 5.15. The van der Waals surface area contributed by atoms with Crippen molar-refractivity contribution >= 4 is 0 Å². The third-order valence-electron chi connectivity index (χ3n) is 2.86. The summed E-state index contributed by atoms with van der Waals surface area (Å²) < 4.78 is 5.92. The van der Waals surface area contributed by atoms with Crippen molar-refractivity contribution in [2.75, 3.05) is 13.7 Å². The number of hydrogen-bond donors (Lipinski definition) is 1. The number of ether oxygens (including phenoxy) is 1. The molecule has 0 bridgehead atoms. The lowest BCUT2D eigenvalue weighted by molar-refractivity contribution is 0.215. The molecule has 0 aliphatic rings. The smallest absolute Gasteiger partial charge is 0.125 e. The van der Waals surface area contributed by atoms with Crippen molar-refractivity contribution < 1.29 is 4.74 Å². The fraction of sp³-hybridized carbons (Fsp3) is 0.571. The molecule has 1 aromatic rings. The lowest BCUT2D eigenvalue weighted by Gasteiger charge is -2.25. The van der Waals surface area contributed by atoms with Gasteiger partial charge in [0.25, 0.3) is 0 Å². The van der Waals surface area contributed by atoms with Gasteiger partial charge in [0.15, 0.2) is 0 Å². The first kappa shape index (κ1) is 13.0. The third kappa shape index (κ3) is 3.24. The topological polar surface area (TPSA) is 21.3 Å². The Morgan fingerprint density at radius 3 is 2.06 bits per heavy atom. The maximum absolute atomic E-state index is 5.92. The van der Waals surface area contributed by atoms with E-state index in [0.29, 0.717) is 6.61 Å². The molecule has 0 unspecified atom stereocenters. The molecule has 2 heteroatoms. The number of hydrogen-bond acceptors (Lipinski definition) is 2. The van der Waals surface area contributed by atoms with Gasteiger partial charge in [-0.25, -0.2) is 0 Å². The number of likely N-dealkylation sites (N-methyl/N-ethyl adjacent to an activating group) is 1. The highest BCUT2D eigenvalue weighted by atomic mass is 16.5. The largest absolute Gasteiger partial charge is 0.491 e. The highest BCUT2D eigenvalue weighted by Crippen LogP contribution is 2.25. The fourth-order valence-electron chi connectivity index (χ4n) is 1.72. The predicted molar refractivity (Wildman–Crippen MR) is 69.3 cm³/mol. The molecule has 0 saturated carbocycles. The summed E-state index contributed by atoms with van der Waals surface area (Å²) in [7, 11) is 1.96. The Balaban J connectivity index is 2.82. The van der Waals surface area contributed by atoms with Gasteiger partial charge >= 0.3 is 0 Å². The van der Waals surface area contributed by atoms with Gasteiger partial charge in [-0.2, -0.15) is 0 Å². The zero-order chi connectivity index (χ0) is 12.3. The molecular formula is C14H23NO. The lowest BCUT2D eigenvalue weighted by atomic mass is 10.1. The molecule has 1 rings (SSSR count). The van der Waals surface area contributed by atoms with Crippen LogP contribution in [0.5, 0.6) is 5.75 Å². The summed E-state index contributed by atoms with van der Waals surface area (Å²) >= 11 is 0.